The van der Waals surface area contributed by atoms with Crippen molar-refractivity contribution in [2.45, 2.75) is 52.4 Å². The lowest BCUT2D eigenvalue weighted by atomic mass is 10.1. The maximum atomic E-state index is 5.83. The average molecular weight is 246 g/mol. The molecule has 0 N–H and O–H groups in total. The van der Waals surface area contributed by atoms with Crippen molar-refractivity contribution in [3.8, 4) is 5.75 Å². The van der Waals surface area contributed by atoms with Crippen LogP contribution in [0.3, 0.4) is 0 Å². The molecule has 0 fully saturated rings. The van der Waals surface area contributed by atoms with Gasteiger partial charge in [-0.15, -0.1) is 0 Å². The monoisotopic (exact) mass is 246 g/mol. The molecule has 0 unspecified atom stereocenters. The Kier molecular flexibility index (Phi) is 8.03. The van der Waals surface area contributed by atoms with Crippen molar-refractivity contribution in [1.29, 1.82) is 0 Å². The summed E-state index contributed by atoms with van der Waals surface area (Å²) in [5, 5.41) is 0. The topological polar surface area (TPSA) is 9.23 Å². The molecule has 18 heavy (non-hydrogen) atoms. The van der Waals surface area contributed by atoms with Gasteiger partial charge in [0.05, 0.1) is 0 Å². The highest BCUT2D eigenvalue weighted by atomic mass is 16.5. The van der Waals surface area contributed by atoms with Crippen LogP contribution in [0, 0.1) is 0 Å². The first kappa shape index (κ1) is 14.8. The maximum absolute atomic E-state index is 5.83. The summed E-state index contributed by atoms with van der Waals surface area (Å²) in [6.45, 7) is 5.11. The van der Waals surface area contributed by atoms with Crippen LogP contribution >= 0.6 is 0 Å². The fraction of sp³-hybridized carbons (Fsp3) is 0.529. The third-order valence-electron chi connectivity index (χ3n) is 2.98. The summed E-state index contributed by atoms with van der Waals surface area (Å²) in [5.41, 5.74) is 1.34. The predicted molar refractivity (Wildman–Crippen MR) is 79.2 cm³/mol. The molecule has 0 heterocycles. The van der Waals surface area contributed by atoms with Gasteiger partial charge in [-0.25, -0.2) is 0 Å². The molecule has 0 aliphatic rings. The summed E-state index contributed by atoms with van der Waals surface area (Å²) in [6, 6.07) is 8.41. The molecule has 100 valence electrons. The number of benzene rings is 1. The molecule has 0 bridgehead atoms. The standard InChI is InChI=1S/C17H26O/c1-3-5-7-11-15-18-17-14-10-9-13-16(17)12-8-6-4-2/h7,9-11,13-14H,3-6,8,12,15H2,1-2H3. The molecule has 0 saturated heterocycles. The number of unbranched alkanes of at least 4 members (excludes halogenated alkanes) is 3. The van der Waals surface area contributed by atoms with Crippen molar-refractivity contribution in [2.75, 3.05) is 6.61 Å². The number of aryl methyl sites for hydroxylation is 1. The summed E-state index contributed by atoms with van der Waals surface area (Å²) in [7, 11) is 0. The van der Waals surface area contributed by atoms with Crippen LogP contribution in [-0.2, 0) is 6.42 Å². The summed E-state index contributed by atoms with van der Waals surface area (Å²) in [5.74, 6) is 1.05. The number of rotatable bonds is 9. The second kappa shape index (κ2) is 9.76. The van der Waals surface area contributed by atoms with E-state index in [0.29, 0.717) is 6.61 Å². The summed E-state index contributed by atoms with van der Waals surface area (Å²) >= 11 is 0. The van der Waals surface area contributed by atoms with Gasteiger partial charge < -0.3 is 4.74 Å². The predicted octanol–water partition coefficient (Wildman–Crippen LogP) is 5.15. The maximum Gasteiger partial charge on any atom is 0.122 e. The largest absolute Gasteiger partial charge is 0.489 e. The summed E-state index contributed by atoms with van der Waals surface area (Å²) in [4.78, 5) is 0. The Bertz CT molecular complexity index is 341. The Balaban J connectivity index is 2.43. The van der Waals surface area contributed by atoms with E-state index in [2.05, 4.69) is 50.3 Å². The van der Waals surface area contributed by atoms with E-state index < -0.39 is 0 Å². The molecule has 1 rings (SSSR count). The number of hydrogen-bond acceptors (Lipinski definition) is 1. The Hall–Kier alpha value is -1.24. The Labute approximate surface area is 112 Å². The van der Waals surface area contributed by atoms with Crippen molar-refractivity contribution < 1.29 is 4.74 Å². The van der Waals surface area contributed by atoms with Crippen LogP contribution in [-0.4, -0.2) is 6.61 Å². The van der Waals surface area contributed by atoms with Crippen LogP contribution in [0.15, 0.2) is 36.4 Å². The van der Waals surface area contributed by atoms with Crippen LogP contribution in [0.1, 0.15) is 51.5 Å². The number of hydrogen-bond donors (Lipinski definition) is 0. The van der Waals surface area contributed by atoms with Gasteiger partial charge in [0, 0.05) is 0 Å². The van der Waals surface area contributed by atoms with Crippen LogP contribution in [0.2, 0.25) is 0 Å². The number of allylic oxidation sites excluding steroid dienone is 1. The Morgan fingerprint density at radius 3 is 2.61 bits per heavy atom. The lowest BCUT2D eigenvalue weighted by Gasteiger charge is -2.09. The molecule has 1 aromatic rings. The minimum atomic E-state index is 0.685. The van der Waals surface area contributed by atoms with Crippen molar-refractivity contribution in [3.63, 3.8) is 0 Å². The molecule has 0 amide bonds. The number of para-hydroxylation sites is 1. The normalized spacial score (nSPS) is 11.0. The van der Waals surface area contributed by atoms with E-state index in [9.17, 15) is 0 Å². The molecular weight excluding hydrogens is 220 g/mol. The van der Waals surface area contributed by atoms with Gasteiger partial charge in [-0.05, 0) is 30.9 Å². The van der Waals surface area contributed by atoms with Crippen LogP contribution < -0.4 is 4.74 Å². The first-order valence-electron chi connectivity index (χ1n) is 7.24. The SMILES string of the molecule is CCCC=CCOc1ccccc1CCCCC. The van der Waals surface area contributed by atoms with E-state index in [0.717, 1.165) is 18.6 Å². The Morgan fingerprint density at radius 2 is 1.83 bits per heavy atom. The highest BCUT2D eigenvalue weighted by Gasteiger charge is 2.01. The van der Waals surface area contributed by atoms with Crippen LogP contribution in [0.4, 0.5) is 0 Å². The zero-order valence-electron chi connectivity index (χ0n) is 11.8. The minimum absolute atomic E-state index is 0.685. The molecule has 0 aliphatic heterocycles. The van der Waals surface area contributed by atoms with Gasteiger partial charge in [0.2, 0.25) is 0 Å². The second-order valence-electron chi connectivity index (χ2n) is 4.64. The Morgan fingerprint density at radius 1 is 1.00 bits per heavy atom. The molecule has 0 spiro atoms. The van der Waals surface area contributed by atoms with E-state index in [1.54, 1.807) is 0 Å². The van der Waals surface area contributed by atoms with E-state index in [1.165, 1.54) is 31.2 Å². The van der Waals surface area contributed by atoms with Crippen molar-refractivity contribution in [1.82, 2.24) is 0 Å². The quantitative estimate of drug-likeness (QED) is 0.432. The van der Waals surface area contributed by atoms with Crippen LogP contribution in [0.25, 0.3) is 0 Å². The fourth-order valence-corrected chi connectivity index (χ4v) is 1.91. The lowest BCUT2D eigenvalue weighted by molar-refractivity contribution is 0.358. The third-order valence-corrected chi connectivity index (χ3v) is 2.98. The van der Waals surface area contributed by atoms with Crippen molar-refractivity contribution in [3.05, 3.63) is 42.0 Å². The van der Waals surface area contributed by atoms with Crippen LogP contribution in [0.5, 0.6) is 5.75 Å². The van der Waals surface area contributed by atoms with Gasteiger partial charge >= 0.3 is 0 Å². The summed E-state index contributed by atoms with van der Waals surface area (Å²) < 4.78 is 5.83. The average Bonchev–Trinajstić information content (AvgIpc) is 2.40. The zero-order chi connectivity index (χ0) is 13.1. The first-order valence-corrected chi connectivity index (χ1v) is 7.24. The molecular formula is C17H26O. The molecule has 0 radical (unpaired) electrons. The lowest BCUT2D eigenvalue weighted by Crippen LogP contribution is -1.97. The van der Waals surface area contributed by atoms with Gasteiger partial charge in [0.15, 0.2) is 0 Å². The number of ether oxygens (including phenoxy) is 1. The molecule has 0 aromatic heterocycles. The van der Waals surface area contributed by atoms with Gasteiger partial charge in [-0.3, -0.25) is 0 Å². The smallest absolute Gasteiger partial charge is 0.122 e. The second-order valence-corrected chi connectivity index (χ2v) is 4.64. The molecule has 1 heteroatoms. The molecule has 0 atom stereocenters. The van der Waals surface area contributed by atoms with Crippen molar-refractivity contribution in [2.24, 2.45) is 0 Å². The van der Waals surface area contributed by atoms with Gasteiger partial charge in [-0.1, -0.05) is 63.5 Å². The van der Waals surface area contributed by atoms with E-state index in [-0.39, 0.29) is 0 Å². The van der Waals surface area contributed by atoms with E-state index in [1.807, 2.05) is 0 Å². The molecule has 1 nitrogen and oxygen atoms in total. The highest BCUT2D eigenvalue weighted by Crippen LogP contribution is 2.20. The van der Waals surface area contributed by atoms with Crippen molar-refractivity contribution >= 4 is 0 Å². The fourth-order valence-electron chi connectivity index (χ4n) is 1.91. The summed E-state index contributed by atoms with van der Waals surface area (Å²) in [6.07, 6.45) is 11.6. The molecule has 0 saturated carbocycles. The molecule has 0 aliphatic carbocycles. The first-order chi connectivity index (χ1) is 8.88. The van der Waals surface area contributed by atoms with E-state index >= 15 is 0 Å². The van der Waals surface area contributed by atoms with Gasteiger partial charge in [-0.2, -0.15) is 0 Å². The van der Waals surface area contributed by atoms with Gasteiger partial charge in [0.1, 0.15) is 12.4 Å². The highest BCUT2D eigenvalue weighted by molar-refractivity contribution is 5.33. The van der Waals surface area contributed by atoms with Gasteiger partial charge in [0.25, 0.3) is 0 Å². The minimum Gasteiger partial charge on any atom is -0.489 e. The zero-order valence-corrected chi connectivity index (χ0v) is 11.8. The third kappa shape index (κ3) is 5.90. The molecule has 1 aromatic carbocycles. The van der Waals surface area contributed by atoms with E-state index in [4.69, 9.17) is 4.74 Å².